The molecule has 0 spiro atoms. The molecule has 0 bridgehead atoms. The third-order valence-electron chi connectivity index (χ3n) is 1.38. The Morgan fingerprint density at radius 1 is 1.60 bits per heavy atom. The number of hydrogen-bond donors (Lipinski definition) is 0. The molecule has 0 heterocycles. The van der Waals surface area contributed by atoms with E-state index in [1.807, 2.05) is 0 Å². The summed E-state index contributed by atoms with van der Waals surface area (Å²) in [5.74, 6) is -0.333. The summed E-state index contributed by atoms with van der Waals surface area (Å²) in [5, 5.41) is 0. The molecule has 0 aromatic heterocycles. The molecular weight excluding hydrogens is 194 g/mol. The molecule has 0 aliphatic rings. The number of hydrogen-bond acceptors (Lipinski definition) is 1. The molecule has 0 saturated heterocycles. The van der Waals surface area contributed by atoms with E-state index in [-0.39, 0.29) is 5.78 Å². The van der Waals surface area contributed by atoms with E-state index >= 15 is 0 Å². The first-order valence-corrected chi connectivity index (χ1v) is 4.18. The highest BCUT2D eigenvalue weighted by Crippen LogP contribution is 2.24. The molecule has 0 N–H and O–H groups in total. The molecular formula is C6H9Cl3O. The van der Waals surface area contributed by atoms with Gasteiger partial charge in [-0.3, -0.25) is 4.79 Å². The average molecular weight is 203 g/mol. The predicted octanol–water partition coefficient (Wildman–Crippen LogP) is 2.77. The van der Waals surface area contributed by atoms with E-state index in [1.54, 1.807) is 13.8 Å². The maximum absolute atomic E-state index is 11.0. The van der Waals surface area contributed by atoms with Crippen LogP contribution in [-0.2, 0) is 4.79 Å². The van der Waals surface area contributed by atoms with E-state index in [2.05, 4.69) is 0 Å². The summed E-state index contributed by atoms with van der Waals surface area (Å²) in [7, 11) is 0. The Bertz CT molecular complexity index is 131. The predicted molar refractivity (Wildman–Crippen MR) is 45.1 cm³/mol. The molecule has 0 amide bonds. The highest BCUT2D eigenvalue weighted by atomic mass is 35.5. The normalized spacial score (nSPS) is 17.0. The van der Waals surface area contributed by atoms with E-state index in [9.17, 15) is 4.79 Å². The van der Waals surface area contributed by atoms with Gasteiger partial charge >= 0.3 is 0 Å². The van der Waals surface area contributed by atoms with Gasteiger partial charge in [-0.1, -0.05) is 30.1 Å². The molecule has 1 nitrogen and oxygen atoms in total. The van der Waals surface area contributed by atoms with Crippen LogP contribution in [-0.4, -0.2) is 15.5 Å². The summed E-state index contributed by atoms with van der Waals surface area (Å²) < 4.78 is 0. The maximum Gasteiger partial charge on any atom is 0.186 e. The minimum atomic E-state index is -1.01. The number of carbonyl (C=O) groups is 1. The van der Waals surface area contributed by atoms with Gasteiger partial charge in [0, 0.05) is 0 Å². The fraction of sp³-hybridized carbons (Fsp3) is 0.833. The van der Waals surface area contributed by atoms with Gasteiger partial charge in [-0.25, -0.2) is 0 Å². The van der Waals surface area contributed by atoms with Gasteiger partial charge < -0.3 is 0 Å². The zero-order chi connectivity index (χ0) is 8.36. The second-order valence-electron chi connectivity index (χ2n) is 2.22. The zero-order valence-corrected chi connectivity index (χ0v) is 8.09. The summed E-state index contributed by atoms with van der Waals surface area (Å²) in [6, 6.07) is 0. The smallest absolute Gasteiger partial charge is 0.186 e. The SMILES string of the molecule is CCC(C)(Cl)C(=O)C(Cl)Cl. The van der Waals surface area contributed by atoms with Gasteiger partial charge in [0.15, 0.2) is 10.6 Å². The zero-order valence-electron chi connectivity index (χ0n) is 5.83. The molecule has 0 aromatic carbocycles. The van der Waals surface area contributed by atoms with Crippen LogP contribution in [0.1, 0.15) is 20.3 Å². The Hall–Kier alpha value is 0.540. The quantitative estimate of drug-likeness (QED) is 0.645. The lowest BCUT2D eigenvalue weighted by atomic mass is 10.0. The van der Waals surface area contributed by atoms with Crippen molar-refractivity contribution in [2.24, 2.45) is 0 Å². The van der Waals surface area contributed by atoms with Crippen molar-refractivity contribution >= 4 is 40.6 Å². The Morgan fingerprint density at radius 2 is 2.00 bits per heavy atom. The van der Waals surface area contributed by atoms with Crippen LogP contribution in [0.25, 0.3) is 0 Å². The highest BCUT2D eigenvalue weighted by molar-refractivity contribution is 6.57. The van der Waals surface area contributed by atoms with Crippen LogP contribution in [0.2, 0.25) is 0 Å². The van der Waals surface area contributed by atoms with Gasteiger partial charge in [0.2, 0.25) is 0 Å². The third-order valence-corrected chi connectivity index (χ3v) is 2.23. The first-order chi connectivity index (χ1) is 4.41. The topological polar surface area (TPSA) is 17.1 Å². The Morgan fingerprint density at radius 3 is 2.10 bits per heavy atom. The van der Waals surface area contributed by atoms with Crippen LogP contribution in [0.4, 0.5) is 0 Å². The van der Waals surface area contributed by atoms with Crippen molar-refractivity contribution < 1.29 is 4.79 Å². The van der Waals surface area contributed by atoms with Crippen molar-refractivity contribution in [3.63, 3.8) is 0 Å². The minimum Gasteiger partial charge on any atom is -0.295 e. The molecule has 0 aliphatic heterocycles. The lowest BCUT2D eigenvalue weighted by Gasteiger charge is -2.17. The highest BCUT2D eigenvalue weighted by Gasteiger charge is 2.32. The fourth-order valence-electron chi connectivity index (χ4n) is 0.402. The summed E-state index contributed by atoms with van der Waals surface area (Å²) in [5.41, 5.74) is 0. The van der Waals surface area contributed by atoms with Crippen LogP contribution in [0, 0.1) is 0 Å². The average Bonchev–Trinajstić information content (AvgIpc) is 1.86. The molecule has 1 atom stereocenters. The molecule has 60 valence electrons. The van der Waals surface area contributed by atoms with Crippen LogP contribution < -0.4 is 0 Å². The van der Waals surface area contributed by atoms with Gasteiger partial charge in [0.25, 0.3) is 0 Å². The first kappa shape index (κ1) is 10.5. The van der Waals surface area contributed by atoms with E-state index in [4.69, 9.17) is 34.8 Å². The minimum absolute atomic E-state index is 0.333. The molecule has 4 heteroatoms. The monoisotopic (exact) mass is 202 g/mol. The molecule has 0 aliphatic carbocycles. The van der Waals surface area contributed by atoms with Crippen molar-refractivity contribution in [1.29, 1.82) is 0 Å². The Kier molecular flexibility index (Phi) is 4.00. The van der Waals surface area contributed by atoms with E-state index < -0.39 is 9.71 Å². The van der Waals surface area contributed by atoms with Gasteiger partial charge in [-0.2, -0.15) is 0 Å². The Balaban J connectivity index is 4.19. The number of ketones is 1. The van der Waals surface area contributed by atoms with Crippen molar-refractivity contribution in [3.8, 4) is 0 Å². The van der Waals surface area contributed by atoms with Crippen molar-refractivity contribution in [2.75, 3.05) is 0 Å². The maximum atomic E-state index is 11.0. The van der Waals surface area contributed by atoms with Crippen LogP contribution in [0.3, 0.4) is 0 Å². The van der Waals surface area contributed by atoms with Crippen LogP contribution >= 0.6 is 34.8 Å². The van der Waals surface area contributed by atoms with E-state index in [0.29, 0.717) is 6.42 Å². The number of rotatable bonds is 3. The van der Waals surface area contributed by atoms with Crippen molar-refractivity contribution in [3.05, 3.63) is 0 Å². The summed E-state index contributed by atoms with van der Waals surface area (Å²) in [4.78, 5) is 9.08. The summed E-state index contributed by atoms with van der Waals surface area (Å²) >= 11 is 16.4. The van der Waals surface area contributed by atoms with Crippen LogP contribution in [0.15, 0.2) is 0 Å². The number of carbonyl (C=O) groups excluding carboxylic acids is 1. The van der Waals surface area contributed by atoms with E-state index in [1.165, 1.54) is 0 Å². The third kappa shape index (κ3) is 2.65. The fourth-order valence-corrected chi connectivity index (χ4v) is 1.10. The molecule has 0 radical (unpaired) electrons. The van der Waals surface area contributed by atoms with Gasteiger partial charge in [0.1, 0.15) is 4.87 Å². The summed E-state index contributed by atoms with van der Waals surface area (Å²) in [6.45, 7) is 3.41. The first-order valence-electron chi connectivity index (χ1n) is 2.93. The van der Waals surface area contributed by atoms with E-state index in [0.717, 1.165) is 0 Å². The second-order valence-corrected chi connectivity index (χ2v) is 4.15. The van der Waals surface area contributed by atoms with Crippen molar-refractivity contribution in [2.45, 2.75) is 30.0 Å². The molecule has 1 unspecified atom stereocenters. The lowest BCUT2D eigenvalue weighted by Crippen LogP contribution is -2.32. The van der Waals surface area contributed by atoms with Gasteiger partial charge in [0.05, 0.1) is 0 Å². The molecule has 0 rings (SSSR count). The number of alkyl halides is 3. The number of Topliss-reactive ketones (excluding diaryl/α,β-unsaturated/α-hetero) is 1. The van der Waals surface area contributed by atoms with Gasteiger partial charge in [-0.05, 0) is 13.3 Å². The van der Waals surface area contributed by atoms with Crippen molar-refractivity contribution in [1.82, 2.24) is 0 Å². The standard InChI is InChI=1S/C6H9Cl3O/c1-3-6(2,9)4(10)5(7)8/h5H,3H2,1-2H3. The largest absolute Gasteiger partial charge is 0.295 e. The molecule has 0 saturated carbocycles. The lowest BCUT2D eigenvalue weighted by molar-refractivity contribution is -0.119. The van der Waals surface area contributed by atoms with Crippen LogP contribution in [0.5, 0.6) is 0 Å². The Labute approximate surface area is 75.6 Å². The molecule has 0 fully saturated rings. The second kappa shape index (κ2) is 3.80. The molecule has 10 heavy (non-hydrogen) atoms. The van der Waals surface area contributed by atoms with Gasteiger partial charge in [-0.15, -0.1) is 11.6 Å². The molecule has 0 aromatic rings. The number of halogens is 3. The summed E-state index contributed by atoms with van der Waals surface area (Å²) in [6.07, 6.45) is 0.531.